The maximum Gasteiger partial charge on any atom is 0.419 e. The minimum Gasteiger partial charge on any atom is -0.369 e. The number of benzene rings is 1. The van der Waals surface area contributed by atoms with Crippen LogP contribution in [0.3, 0.4) is 0 Å². The van der Waals surface area contributed by atoms with Gasteiger partial charge < -0.3 is 10.6 Å². The Morgan fingerprint density at radius 1 is 1.29 bits per heavy atom. The lowest BCUT2D eigenvalue weighted by Gasteiger charge is -2.17. The predicted molar refractivity (Wildman–Crippen MR) is 64.6 cm³/mol. The van der Waals surface area contributed by atoms with Crippen LogP contribution in [0, 0.1) is 11.7 Å². The van der Waals surface area contributed by atoms with Crippen molar-refractivity contribution in [2.24, 2.45) is 11.7 Å². The van der Waals surface area contributed by atoms with Crippen molar-refractivity contribution >= 4 is 11.8 Å². The molecule has 0 saturated carbocycles. The van der Waals surface area contributed by atoms with E-state index in [1.165, 1.54) is 0 Å². The van der Waals surface area contributed by atoms with E-state index < -0.39 is 40.9 Å². The summed E-state index contributed by atoms with van der Waals surface area (Å²) in [6.07, 6.45) is -4.55. The summed E-state index contributed by atoms with van der Waals surface area (Å²) < 4.78 is 51.7. The average Bonchev–Trinajstić information content (AvgIpc) is 2.86. The SMILES string of the molecule is NC(=O)C1CCN(C(=O)c2cccc(C(F)(F)F)c2F)C1. The Balaban J connectivity index is 2.27. The van der Waals surface area contributed by atoms with Crippen molar-refractivity contribution in [3.8, 4) is 0 Å². The smallest absolute Gasteiger partial charge is 0.369 e. The van der Waals surface area contributed by atoms with Gasteiger partial charge in [0.15, 0.2) is 0 Å². The van der Waals surface area contributed by atoms with E-state index in [1.54, 1.807) is 0 Å². The van der Waals surface area contributed by atoms with Crippen molar-refractivity contribution < 1.29 is 27.2 Å². The lowest BCUT2D eigenvalue weighted by atomic mass is 10.1. The van der Waals surface area contributed by atoms with Gasteiger partial charge in [0.1, 0.15) is 5.82 Å². The highest BCUT2D eigenvalue weighted by Gasteiger charge is 2.37. The maximum absolute atomic E-state index is 13.9. The van der Waals surface area contributed by atoms with Crippen molar-refractivity contribution in [1.82, 2.24) is 4.90 Å². The number of nitrogens with two attached hydrogens (primary N) is 1. The Labute approximate surface area is 117 Å². The van der Waals surface area contributed by atoms with Gasteiger partial charge in [-0.15, -0.1) is 0 Å². The van der Waals surface area contributed by atoms with Gasteiger partial charge in [-0.3, -0.25) is 9.59 Å². The standard InChI is InChI=1S/C13H12F4N2O2/c14-10-8(2-1-3-9(10)13(15,16)17)12(21)19-5-4-7(6-19)11(18)20/h1-3,7H,4-6H2,(H2,18,20). The molecule has 2 N–H and O–H groups in total. The number of carbonyl (C=O) groups excluding carboxylic acids is 2. The van der Waals surface area contributed by atoms with Crippen LogP contribution in [0.15, 0.2) is 18.2 Å². The monoisotopic (exact) mass is 304 g/mol. The first kappa shape index (κ1) is 15.3. The predicted octanol–water partition coefficient (Wildman–Crippen LogP) is 1.79. The third-order valence-electron chi connectivity index (χ3n) is 3.41. The third kappa shape index (κ3) is 2.98. The maximum atomic E-state index is 13.9. The normalized spacial score (nSPS) is 18.9. The highest BCUT2D eigenvalue weighted by atomic mass is 19.4. The van der Waals surface area contributed by atoms with Crippen LogP contribution in [0.25, 0.3) is 0 Å². The molecule has 1 saturated heterocycles. The highest BCUT2D eigenvalue weighted by molar-refractivity contribution is 5.95. The largest absolute Gasteiger partial charge is 0.419 e. The molecule has 1 atom stereocenters. The number of nitrogens with zero attached hydrogens (tertiary/aromatic N) is 1. The van der Waals surface area contributed by atoms with Crippen LogP contribution in [0.4, 0.5) is 17.6 Å². The molecule has 0 bridgehead atoms. The zero-order chi connectivity index (χ0) is 15.8. The van der Waals surface area contributed by atoms with Gasteiger partial charge in [0.25, 0.3) is 5.91 Å². The van der Waals surface area contributed by atoms with E-state index >= 15 is 0 Å². The van der Waals surface area contributed by atoms with Gasteiger partial charge in [-0.25, -0.2) is 4.39 Å². The fourth-order valence-electron chi connectivity index (χ4n) is 2.26. The number of hydrogen-bond donors (Lipinski definition) is 1. The Morgan fingerprint density at radius 2 is 1.95 bits per heavy atom. The van der Waals surface area contributed by atoms with Crippen LogP contribution in [-0.4, -0.2) is 29.8 Å². The molecule has 2 rings (SSSR count). The molecule has 8 heteroatoms. The Hall–Kier alpha value is -2.12. The van der Waals surface area contributed by atoms with Gasteiger partial charge in [-0.05, 0) is 18.6 Å². The lowest BCUT2D eigenvalue weighted by molar-refractivity contribution is -0.140. The minimum absolute atomic E-state index is 0.0101. The number of alkyl halides is 3. The molecule has 1 aliphatic rings. The molecule has 1 unspecified atom stereocenters. The molecule has 4 nitrogen and oxygen atoms in total. The molecule has 2 amide bonds. The molecule has 1 aliphatic heterocycles. The van der Waals surface area contributed by atoms with Gasteiger partial charge in [0.2, 0.25) is 5.91 Å². The molecule has 1 heterocycles. The third-order valence-corrected chi connectivity index (χ3v) is 3.41. The number of rotatable bonds is 2. The zero-order valence-electron chi connectivity index (χ0n) is 10.8. The van der Waals surface area contributed by atoms with E-state index in [0.29, 0.717) is 12.5 Å². The fourth-order valence-corrected chi connectivity index (χ4v) is 2.26. The van der Waals surface area contributed by atoms with Crippen LogP contribution in [-0.2, 0) is 11.0 Å². The highest BCUT2D eigenvalue weighted by Crippen LogP contribution is 2.33. The number of halogens is 4. The number of primary amides is 1. The van der Waals surface area contributed by atoms with Crippen molar-refractivity contribution in [3.05, 3.63) is 35.1 Å². The Morgan fingerprint density at radius 3 is 2.48 bits per heavy atom. The second-order valence-corrected chi connectivity index (χ2v) is 4.80. The summed E-state index contributed by atoms with van der Waals surface area (Å²) in [5.41, 5.74) is 2.97. The van der Waals surface area contributed by atoms with Gasteiger partial charge in [-0.1, -0.05) is 6.07 Å². The van der Waals surface area contributed by atoms with Gasteiger partial charge in [0, 0.05) is 13.1 Å². The molecule has 0 spiro atoms. The molecule has 0 radical (unpaired) electrons. The molecule has 1 fully saturated rings. The molecule has 1 aromatic carbocycles. The summed E-state index contributed by atoms with van der Waals surface area (Å²) >= 11 is 0. The minimum atomic E-state index is -4.87. The van der Waals surface area contributed by atoms with E-state index in [-0.39, 0.29) is 13.1 Å². The quantitative estimate of drug-likeness (QED) is 0.847. The number of likely N-dealkylation sites (tertiary alicyclic amines) is 1. The second kappa shape index (κ2) is 5.34. The first-order chi connectivity index (χ1) is 9.71. The number of hydrogen-bond acceptors (Lipinski definition) is 2. The fraction of sp³-hybridized carbons (Fsp3) is 0.385. The topological polar surface area (TPSA) is 63.4 Å². The molecular formula is C13H12F4N2O2. The van der Waals surface area contributed by atoms with E-state index in [2.05, 4.69) is 0 Å². The van der Waals surface area contributed by atoms with Crippen LogP contribution >= 0.6 is 0 Å². The van der Waals surface area contributed by atoms with Crippen LogP contribution in [0.2, 0.25) is 0 Å². The molecule has 0 aliphatic carbocycles. The van der Waals surface area contributed by atoms with Crippen LogP contribution < -0.4 is 5.73 Å². The summed E-state index contributed by atoms with van der Waals surface area (Å²) in [6.45, 7) is 0.145. The van der Waals surface area contributed by atoms with Crippen LogP contribution in [0.1, 0.15) is 22.3 Å². The van der Waals surface area contributed by atoms with Crippen molar-refractivity contribution in [2.45, 2.75) is 12.6 Å². The van der Waals surface area contributed by atoms with E-state index in [9.17, 15) is 27.2 Å². The molecule has 21 heavy (non-hydrogen) atoms. The summed E-state index contributed by atoms with van der Waals surface area (Å²) in [5.74, 6) is -3.61. The molecule has 1 aromatic rings. The summed E-state index contributed by atoms with van der Waals surface area (Å²) in [6, 6.07) is 2.54. The first-order valence-electron chi connectivity index (χ1n) is 6.16. The van der Waals surface area contributed by atoms with Gasteiger partial charge >= 0.3 is 6.18 Å². The lowest BCUT2D eigenvalue weighted by Crippen LogP contribution is -2.32. The van der Waals surface area contributed by atoms with Crippen LogP contribution in [0.5, 0.6) is 0 Å². The Bertz CT molecular complexity index is 586. The van der Waals surface area contributed by atoms with E-state index in [4.69, 9.17) is 5.73 Å². The van der Waals surface area contributed by atoms with Crippen molar-refractivity contribution in [2.75, 3.05) is 13.1 Å². The average molecular weight is 304 g/mol. The number of carbonyl (C=O) groups is 2. The van der Waals surface area contributed by atoms with E-state index in [0.717, 1.165) is 17.0 Å². The van der Waals surface area contributed by atoms with Crippen molar-refractivity contribution in [3.63, 3.8) is 0 Å². The summed E-state index contributed by atoms with van der Waals surface area (Å²) in [4.78, 5) is 24.2. The summed E-state index contributed by atoms with van der Waals surface area (Å²) in [5, 5.41) is 0. The number of amides is 2. The van der Waals surface area contributed by atoms with Gasteiger partial charge in [-0.2, -0.15) is 13.2 Å². The Kier molecular flexibility index (Phi) is 3.89. The van der Waals surface area contributed by atoms with E-state index in [1.807, 2.05) is 0 Å². The molecule has 114 valence electrons. The molecule has 0 aromatic heterocycles. The van der Waals surface area contributed by atoms with Gasteiger partial charge in [0.05, 0.1) is 17.0 Å². The zero-order valence-corrected chi connectivity index (χ0v) is 10.8. The summed E-state index contributed by atoms with van der Waals surface area (Å²) in [7, 11) is 0. The first-order valence-corrected chi connectivity index (χ1v) is 6.16. The van der Waals surface area contributed by atoms with Crippen molar-refractivity contribution in [1.29, 1.82) is 0 Å². The second-order valence-electron chi connectivity index (χ2n) is 4.80. The molecular weight excluding hydrogens is 292 g/mol.